The molecular weight excluding hydrogens is 270 g/mol. The first-order chi connectivity index (χ1) is 8.93. The predicted molar refractivity (Wildman–Crippen MR) is 67.6 cm³/mol. The highest BCUT2D eigenvalue weighted by Gasteiger charge is 2.23. The van der Waals surface area contributed by atoms with Crippen LogP contribution in [0.25, 0.3) is 0 Å². The molecule has 2 N–H and O–H groups in total. The van der Waals surface area contributed by atoms with Gasteiger partial charge in [-0.2, -0.15) is 8.42 Å². The minimum atomic E-state index is -3.76. The van der Waals surface area contributed by atoms with Gasteiger partial charge in [0.25, 0.3) is 10.0 Å². The van der Waals surface area contributed by atoms with Gasteiger partial charge in [-0.25, -0.2) is 9.78 Å². The second-order valence-corrected chi connectivity index (χ2v) is 5.60. The fourth-order valence-corrected chi connectivity index (χ4v) is 2.54. The van der Waals surface area contributed by atoms with Crippen molar-refractivity contribution in [2.45, 2.75) is 5.16 Å². The lowest BCUT2D eigenvalue weighted by molar-refractivity contribution is 0.0697. The third-order valence-electron chi connectivity index (χ3n) is 2.56. The zero-order valence-corrected chi connectivity index (χ0v) is 10.8. The molecule has 0 atom stereocenters. The van der Waals surface area contributed by atoms with E-state index in [9.17, 15) is 13.2 Å². The number of aromatic amines is 1. The van der Waals surface area contributed by atoms with Gasteiger partial charge in [0.2, 0.25) is 5.16 Å². The Hall–Kier alpha value is -2.35. The van der Waals surface area contributed by atoms with Gasteiger partial charge in [0.1, 0.15) is 0 Å². The van der Waals surface area contributed by atoms with Crippen LogP contribution in [0.3, 0.4) is 0 Å². The summed E-state index contributed by atoms with van der Waals surface area (Å²) >= 11 is 0. The van der Waals surface area contributed by atoms with Crippen LogP contribution in [-0.4, -0.2) is 36.5 Å². The number of rotatable bonds is 4. The number of H-pyrrole nitrogens is 1. The van der Waals surface area contributed by atoms with E-state index < -0.39 is 16.0 Å². The van der Waals surface area contributed by atoms with Crippen molar-refractivity contribution in [3.63, 3.8) is 0 Å². The van der Waals surface area contributed by atoms with Crippen LogP contribution in [0.1, 0.15) is 10.4 Å². The largest absolute Gasteiger partial charge is 0.478 e. The standard InChI is InChI=1S/C11H11N3O4S/c1-14(19(17,18)11-12-6-7-13-11)9-4-2-8(3-5-9)10(15)16/h2-7H,1H3,(H,12,13)(H,15,16). The zero-order valence-electron chi connectivity index (χ0n) is 9.94. The summed E-state index contributed by atoms with van der Waals surface area (Å²) in [4.78, 5) is 16.9. The summed E-state index contributed by atoms with van der Waals surface area (Å²) in [7, 11) is -2.39. The normalized spacial score (nSPS) is 11.2. The third-order valence-corrected chi connectivity index (χ3v) is 4.20. The van der Waals surface area contributed by atoms with Crippen LogP contribution in [0.2, 0.25) is 0 Å². The van der Waals surface area contributed by atoms with E-state index in [1.807, 2.05) is 0 Å². The number of sulfonamides is 1. The summed E-state index contributed by atoms with van der Waals surface area (Å²) in [5.41, 5.74) is 0.439. The summed E-state index contributed by atoms with van der Waals surface area (Å²) < 4.78 is 25.3. The molecule has 7 nitrogen and oxygen atoms in total. The molecular formula is C11H11N3O4S. The van der Waals surface area contributed by atoms with Crippen LogP contribution in [0, 0.1) is 0 Å². The van der Waals surface area contributed by atoms with Crippen LogP contribution >= 0.6 is 0 Å². The SMILES string of the molecule is CN(c1ccc(C(=O)O)cc1)S(=O)(=O)c1ncc[nH]1. The number of hydrogen-bond donors (Lipinski definition) is 2. The van der Waals surface area contributed by atoms with Gasteiger partial charge < -0.3 is 10.1 Å². The van der Waals surface area contributed by atoms with Crippen molar-refractivity contribution in [2.24, 2.45) is 0 Å². The molecule has 8 heteroatoms. The Labute approximate surface area is 109 Å². The first kappa shape index (κ1) is 13.1. The fraction of sp³-hybridized carbons (Fsp3) is 0.0909. The number of anilines is 1. The Morgan fingerprint density at radius 1 is 1.32 bits per heavy atom. The van der Waals surface area contributed by atoms with Gasteiger partial charge in [0.15, 0.2) is 0 Å². The third kappa shape index (κ3) is 2.43. The number of benzene rings is 1. The van der Waals surface area contributed by atoms with E-state index in [2.05, 4.69) is 9.97 Å². The molecule has 0 spiro atoms. The lowest BCUT2D eigenvalue weighted by Crippen LogP contribution is -2.27. The quantitative estimate of drug-likeness (QED) is 0.867. The van der Waals surface area contributed by atoms with E-state index in [-0.39, 0.29) is 10.7 Å². The van der Waals surface area contributed by atoms with Gasteiger partial charge in [0, 0.05) is 19.4 Å². The zero-order chi connectivity index (χ0) is 14.0. The van der Waals surface area contributed by atoms with Crippen LogP contribution in [0.4, 0.5) is 5.69 Å². The Balaban J connectivity index is 2.34. The van der Waals surface area contributed by atoms with Gasteiger partial charge in [-0.3, -0.25) is 4.31 Å². The molecule has 0 saturated carbocycles. The van der Waals surface area contributed by atoms with Gasteiger partial charge in [-0.05, 0) is 24.3 Å². The second kappa shape index (κ2) is 4.73. The molecule has 1 aromatic heterocycles. The summed E-state index contributed by atoms with van der Waals surface area (Å²) in [5, 5.41) is 8.61. The summed E-state index contributed by atoms with van der Waals surface area (Å²) in [6.45, 7) is 0. The number of carboxylic acid groups (broad SMARTS) is 1. The van der Waals surface area contributed by atoms with E-state index in [1.54, 1.807) is 0 Å². The first-order valence-corrected chi connectivity index (χ1v) is 6.68. The number of carboxylic acids is 1. The molecule has 0 bridgehead atoms. The van der Waals surface area contributed by atoms with Crippen LogP contribution in [0.15, 0.2) is 41.8 Å². The van der Waals surface area contributed by atoms with Crippen LogP contribution in [-0.2, 0) is 10.0 Å². The van der Waals surface area contributed by atoms with Crippen molar-refractivity contribution in [1.29, 1.82) is 0 Å². The van der Waals surface area contributed by atoms with Crippen LogP contribution < -0.4 is 4.31 Å². The smallest absolute Gasteiger partial charge is 0.335 e. The highest BCUT2D eigenvalue weighted by molar-refractivity contribution is 7.92. The minimum absolute atomic E-state index is 0.0903. The maximum Gasteiger partial charge on any atom is 0.335 e. The lowest BCUT2D eigenvalue weighted by atomic mass is 10.2. The molecule has 0 amide bonds. The number of aromatic carboxylic acids is 1. The molecule has 0 unspecified atom stereocenters. The Bertz CT molecular complexity index is 677. The molecule has 0 radical (unpaired) electrons. The molecule has 1 aromatic carbocycles. The Morgan fingerprint density at radius 3 is 2.42 bits per heavy atom. The number of nitrogens with zero attached hydrogens (tertiary/aromatic N) is 2. The average Bonchev–Trinajstić information content (AvgIpc) is 2.92. The highest BCUT2D eigenvalue weighted by atomic mass is 32.2. The minimum Gasteiger partial charge on any atom is -0.478 e. The van der Waals surface area contributed by atoms with Crippen molar-refractivity contribution in [2.75, 3.05) is 11.4 Å². The summed E-state index contributed by atoms with van der Waals surface area (Å²) in [6.07, 6.45) is 2.75. The first-order valence-electron chi connectivity index (χ1n) is 5.24. The topological polar surface area (TPSA) is 103 Å². The number of aromatic nitrogens is 2. The molecule has 0 aliphatic rings. The van der Waals surface area contributed by atoms with Crippen molar-refractivity contribution in [3.05, 3.63) is 42.2 Å². The van der Waals surface area contributed by atoms with Crippen molar-refractivity contribution < 1.29 is 18.3 Å². The molecule has 0 fully saturated rings. The lowest BCUT2D eigenvalue weighted by Gasteiger charge is -2.17. The van der Waals surface area contributed by atoms with Crippen molar-refractivity contribution in [3.8, 4) is 0 Å². The fourth-order valence-electron chi connectivity index (χ4n) is 1.47. The molecule has 19 heavy (non-hydrogen) atoms. The molecule has 2 aromatic rings. The van der Waals surface area contributed by atoms with Gasteiger partial charge in [-0.1, -0.05) is 0 Å². The van der Waals surface area contributed by atoms with Crippen LogP contribution in [0.5, 0.6) is 0 Å². The van der Waals surface area contributed by atoms with Gasteiger partial charge >= 0.3 is 5.97 Å². The summed E-state index contributed by atoms with van der Waals surface area (Å²) in [6, 6.07) is 5.52. The van der Waals surface area contributed by atoms with E-state index >= 15 is 0 Å². The van der Waals surface area contributed by atoms with E-state index in [0.29, 0.717) is 5.69 Å². The Morgan fingerprint density at radius 2 is 1.95 bits per heavy atom. The molecule has 0 aliphatic carbocycles. The number of hydrogen-bond acceptors (Lipinski definition) is 4. The maximum atomic E-state index is 12.1. The molecule has 0 aliphatic heterocycles. The molecule has 1 heterocycles. The molecule has 2 rings (SSSR count). The van der Waals surface area contributed by atoms with E-state index in [1.165, 1.54) is 43.7 Å². The monoisotopic (exact) mass is 281 g/mol. The van der Waals surface area contributed by atoms with Gasteiger partial charge in [0.05, 0.1) is 11.3 Å². The number of nitrogens with one attached hydrogen (secondary N) is 1. The number of imidazole rings is 1. The molecule has 100 valence electrons. The predicted octanol–water partition coefficient (Wildman–Crippen LogP) is 0.933. The van der Waals surface area contributed by atoms with E-state index in [4.69, 9.17) is 5.11 Å². The van der Waals surface area contributed by atoms with E-state index in [0.717, 1.165) is 4.31 Å². The molecule has 0 saturated heterocycles. The number of carbonyl (C=O) groups is 1. The van der Waals surface area contributed by atoms with Crippen molar-refractivity contribution >= 4 is 21.7 Å². The maximum absolute atomic E-state index is 12.1. The summed E-state index contributed by atoms with van der Waals surface area (Å²) in [5.74, 6) is -1.07. The van der Waals surface area contributed by atoms with Gasteiger partial charge in [-0.15, -0.1) is 0 Å². The van der Waals surface area contributed by atoms with Crippen molar-refractivity contribution in [1.82, 2.24) is 9.97 Å². The Kier molecular flexibility index (Phi) is 3.26. The second-order valence-electron chi connectivity index (χ2n) is 3.72. The average molecular weight is 281 g/mol. The highest BCUT2D eigenvalue weighted by Crippen LogP contribution is 2.20.